The zero-order valence-corrected chi connectivity index (χ0v) is 25.3. The maximum absolute atomic E-state index is 14.2. The Balaban J connectivity index is 1.31. The molecule has 5 nitrogen and oxygen atoms in total. The minimum atomic E-state index is -0.377. The number of H-pyrrole nitrogens is 1. The van der Waals surface area contributed by atoms with Crippen molar-refractivity contribution < 1.29 is 0 Å². The third kappa shape index (κ3) is 4.95. The number of aromatic amines is 1. The predicted molar refractivity (Wildman–Crippen MR) is 175 cm³/mol. The zero-order chi connectivity index (χ0) is 28.1. The van der Waals surface area contributed by atoms with E-state index in [-0.39, 0.29) is 11.6 Å². The van der Waals surface area contributed by atoms with E-state index in [2.05, 4.69) is 75.6 Å². The minimum absolute atomic E-state index is 0.00408. The van der Waals surface area contributed by atoms with Gasteiger partial charge in [-0.25, -0.2) is 4.98 Å². The molecule has 0 saturated carbocycles. The number of aryl methyl sites for hydroxylation is 1. The average Bonchev–Trinajstić information content (AvgIpc) is 3.62. The van der Waals surface area contributed by atoms with Gasteiger partial charge in [0.05, 0.1) is 11.0 Å². The monoisotopic (exact) mass is 576 g/mol. The summed E-state index contributed by atoms with van der Waals surface area (Å²) in [4.78, 5) is 26.2. The van der Waals surface area contributed by atoms with Crippen molar-refractivity contribution in [2.75, 3.05) is 20.1 Å². The molecule has 7 rings (SSSR count). The molecule has 1 saturated heterocycles. The highest BCUT2D eigenvalue weighted by Gasteiger charge is 2.24. The molecule has 1 N–H and O–H groups in total. The number of piperidine rings is 1. The molecule has 7 heteroatoms. The van der Waals surface area contributed by atoms with E-state index in [9.17, 15) is 4.79 Å². The van der Waals surface area contributed by atoms with Crippen LogP contribution in [0.2, 0.25) is 0 Å². The Bertz CT molecular complexity index is 1900. The molecule has 3 aromatic carbocycles. The highest BCUT2D eigenvalue weighted by atomic mass is 32.1. The fraction of sp³-hybridized carbons (Fsp3) is 0.235. The van der Waals surface area contributed by atoms with Crippen molar-refractivity contribution in [3.8, 4) is 10.4 Å². The maximum atomic E-state index is 14.2. The van der Waals surface area contributed by atoms with E-state index < -0.39 is 0 Å². The van der Waals surface area contributed by atoms with Gasteiger partial charge in [-0.15, -0.1) is 20.6 Å². The topological polar surface area (TPSA) is 53.9 Å². The van der Waals surface area contributed by atoms with E-state index in [0.29, 0.717) is 5.92 Å². The molecular weight excluding hydrogens is 543 g/mol. The van der Waals surface area contributed by atoms with E-state index in [1.54, 1.807) is 11.3 Å². The molecule has 3 aromatic heterocycles. The van der Waals surface area contributed by atoms with Crippen LogP contribution in [-0.4, -0.2) is 39.6 Å². The Morgan fingerprint density at radius 1 is 1.00 bits per heavy atom. The second-order valence-corrected chi connectivity index (χ2v) is 13.0. The van der Waals surface area contributed by atoms with Crippen molar-refractivity contribution >= 4 is 47.0 Å². The third-order valence-electron chi connectivity index (χ3n) is 8.47. The lowest BCUT2D eigenvalue weighted by Gasteiger charge is -2.29. The van der Waals surface area contributed by atoms with Gasteiger partial charge in [0, 0.05) is 16.5 Å². The SMILES string of the molecule is Cc1cn(C(c2cccc(P)c2)c2nc3ccccc3[nH]2)c(=O)c2sc(-c3ccc(C4CCN(C)CC4)cc3)cc12. The van der Waals surface area contributed by atoms with E-state index in [0.717, 1.165) is 66.9 Å². The first-order valence-electron chi connectivity index (χ1n) is 14.2. The molecular formula is C34H33N4OPS. The van der Waals surface area contributed by atoms with Crippen molar-refractivity contribution in [3.63, 3.8) is 0 Å². The van der Waals surface area contributed by atoms with E-state index in [1.165, 1.54) is 18.4 Å². The van der Waals surface area contributed by atoms with Gasteiger partial charge in [0.2, 0.25) is 0 Å². The first-order valence-corrected chi connectivity index (χ1v) is 15.6. The number of aromatic nitrogens is 3. The second-order valence-electron chi connectivity index (χ2n) is 11.3. The van der Waals surface area contributed by atoms with Crippen LogP contribution in [0.3, 0.4) is 0 Å². The second kappa shape index (κ2) is 10.7. The van der Waals surface area contributed by atoms with E-state index >= 15 is 0 Å². The number of nitrogens with one attached hydrogen (secondary N) is 1. The van der Waals surface area contributed by atoms with Crippen LogP contribution in [0, 0.1) is 6.92 Å². The standard InChI is InChI=1S/C34H33N4OPS/c1-21-20-38(31(25-6-5-7-26(40)18-25)33-35-28-8-3-4-9-29(28)36-33)34(39)32-27(21)19-30(41-32)24-12-10-22(11-13-24)23-14-16-37(2)17-15-23/h3-13,18-20,23,31H,14-17,40H2,1-2H3,(H,35,36). The summed E-state index contributed by atoms with van der Waals surface area (Å²) >= 11 is 1.59. The number of benzene rings is 3. The maximum Gasteiger partial charge on any atom is 0.269 e. The molecule has 41 heavy (non-hydrogen) atoms. The lowest BCUT2D eigenvalue weighted by atomic mass is 9.89. The van der Waals surface area contributed by atoms with Gasteiger partial charge in [-0.2, -0.15) is 0 Å². The van der Waals surface area contributed by atoms with Gasteiger partial charge in [-0.1, -0.05) is 54.6 Å². The number of thiophene rings is 1. The molecule has 0 bridgehead atoms. The highest BCUT2D eigenvalue weighted by Crippen LogP contribution is 2.36. The first kappa shape index (κ1) is 26.3. The smallest absolute Gasteiger partial charge is 0.269 e. The Morgan fingerprint density at radius 2 is 1.78 bits per heavy atom. The fourth-order valence-corrected chi connectivity index (χ4v) is 7.65. The molecule has 0 amide bonds. The molecule has 4 heterocycles. The molecule has 1 fully saturated rings. The Kier molecular flexibility index (Phi) is 6.86. The Hall–Kier alpha value is -3.57. The van der Waals surface area contributed by atoms with Gasteiger partial charge < -0.3 is 9.88 Å². The molecule has 0 aliphatic carbocycles. The van der Waals surface area contributed by atoms with Gasteiger partial charge in [-0.3, -0.25) is 9.36 Å². The highest BCUT2D eigenvalue weighted by molar-refractivity contribution is 7.27. The predicted octanol–water partition coefficient (Wildman–Crippen LogP) is 6.86. The lowest BCUT2D eigenvalue weighted by Crippen LogP contribution is -2.29. The van der Waals surface area contributed by atoms with Crippen molar-refractivity contribution in [2.45, 2.75) is 31.7 Å². The number of pyridine rings is 1. The fourth-order valence-electron chi connectivity index (χ4n) is 6.17. The summed E-state index contributed by atoms with van der Waals surface area (Å²) in [7, 11) is 4.97. The summed E-state index contributed by atoms with van der Waals surface area (Å²) < 4.78 is 2.64. The van der Waals surface area contributed by atoms with Crippen LogP contribution in [0.5, 0.6) is 0 Å². The average molecular weight is 577 g/mol. The van der Waals surface area contributed by atoms with Crippen LogP contribution in [-0.2, 0) is 0 Å². The van der Waals surface area contributed by atoms with Crippen LogP contribution in [0.15, 0.2) is 89.9 Å². The van der Waals surface area contributed by atoms with Crippen LogP contribution in [0.4, 0.5) is 0 Å². The summed E-state index contributed by atoms with van der Waals surface area (Å²) in [6.45, 7) is 4.41. The van der Waals surface area contributed by atoms with Crippen LogP contribution < -0.4 is 10.9 Å². The number of rotatable bonds is 5. The van der Waals surface area contributed by atoms with E-state index in [1.807, 2.05) is 47.2 Å². The number of fused-ring (bicyclic) bond motifs is 2. The van der Waals surface area contributed by atoms with Crippen molar-refractivity contribution in [3.05, 3.63) is 118 Å². The lowest BCUT2D eigenvalue weighted by molar-refractivity contribution is 0.255. The van der Waals surface area contributed by atoms with Crippen molar-refractivity contribution in [1.82, 2.24) is 19.4 Å². The largest absolute Gasteiger partial charge is 0.340 e. The summed E-state index contributed by atoms with van der Waals surface area (Å²) in [5.41, 5.74) is 6.53. The number of nitrogens with zero attached hydrogens (tertiary/aromatic N) is 3. The molecule has 1 aliphatic heterocycles. The Morgan fingerprint density at radius 3 is 2.54 bits per heavy atom. The number of likely N-dealkylation sites (tertiary alicyclic amines) is 1. The number of hydrogen-bond donors (Lipinski definition) is 1. The van der Waals surface area contributed by atoms with Crippen molar-refractivity contribution in [1.29, 1.82) is 0 Å². The minimum Gasteiger partial charge on any atom is -0.340 e. The van der Waals surface area contributed by atoms with Crippen LogP contribution in [0.25, 0.3) is 31.6 Å². The van der Waals surface area contributed by atoms with Gasteiger partial charge in [-0.05, 0) is 97.6 Å². The van der Waals surface area contributed by atoms with E-state index in [4.69, 9.17) is 4.98 Å². The Labute approximate surface area is 246 Å². The van der Waals surface area contributed by atoms with Gasteiger partial charge >= 0.3 is 0 Å². The number of imidazole rings is 1. The van der Waals surface area contributed by atoms with Gasteiger partial charge in [0.1, 0.15) is 16.6 Å². The molecule has 1 aliphatic rings. The summed E-state index contributed by atoms with van der Waals surface area (Å²) in [5, 5.41) is 2.09. The molecule has 2 unspecified atom stereocenters. The summed E-state index contributed by atoms with van der Waals surface area (Å²) in [6.07, 6.45) is 4.42. The number of hydrogen-bond acceptors (Lipinski definition) is 4. The third-order valence-corrected chi connectivity index (χ3v) is 10.0. The van der Waals surface area contributed by atoms with Gasteiger partial charge in [0.25, 0.3) is 5.56 Å². The van der Waals surface area contributed by atoms with Crippen LogP contribution >= 0.6 is 20.6 Å². The summed E-state index contributed by atoms with van der Waals surface area (Å²) in [5.74, 6) is 1.39. The zero-order valence-electron chi connectivity index (χ0n) is 23.3. The molecule has 206 valence electrons. The molecule has 0 spiro atoms. The quantitative estimate of drug-likeness (QED) is 0.228. The summed E-state index contributed by atoms with van der Waals surface area (Å²) in [6, 6.07) is 27.1. The normalized spacial score (nSPS) is 15.6. The number of para-hydroxylation sites is 2. The molecule has 2 atom stereocenters. The molecule has 0 radical (unpaired) electrons. The van der Waals surface area contributed by atoms with Crippen LogP contribution in [0.1, 0.15) is 47.3 Å². The van der Waals surface area contributed by atoms with Gasteiger partial charge in [0.15, 0.2) is 0 Å². The van der Waals surface area contributed by atoms with Crippen molar-refractivity contribution in [2.24, 2.45) is 0 Å². The molecule has 6 aromatic rings. The first-order chi connectivity index (χ1) is 19.9.